The molecule has 42 heavy (non-hydrogen) atoms. The van der Waals surface area contributed by atoms with E-state index in [-0.39, 0.29) is 46.5 Å². The lowest BCUT2D eigenvalue weighted by Gasteiger charge is -2.62. The number of halogens is 1. The van der Waals surface area contributed by atoms with Crippen LogP contribution in [0.5, 0.6) is 0 Å². The largest absolute Gasteiger partial charge is 0.461 e. The minimum Gasteiger partial charge on any atom is -0.461 e. The van der Waals surface area contributed by atoms with E-state index in [4.69, 9.17) is 9.47 Å². The minimum atomic E-state index is -0.110. The predicted octanol–water partition coefficient (Wildman–Crippen LogP) is 6.93. The summed E-state index contributed by atoms with van der Waals surface area (Å²) in [5.41, 5.74) is 0.370. The van der Waals surface area contributed by atoms with Crippen molar-refractivity contribution in [2.75, 3.05) is 33.2 Å². The monoisotopic (exact) mass is 651 g/mol. The average Bonchev–Trinajstić information content (AvgIpc) is 3.06. The van der Waals surface area contributed by atoms with Gasteiger partial charge in [0, 0.05) is 31.7 Å². The summed E-state index contributed by atoms with van der Waals surface area (Å²) in [5.74, 6) is 2.50. The first-order chi connectivity index (χ1) is 19.5. The lowest BCUT2D eigenvalue weighted by molar-refractivity contribution is -0.935. The lowest BCUT2D eigenvalue weighted by atomic mass is 9.44. The van der Waals surface area contributed by atoms with E-state index in [1.165, 1.54) is 96.6 Å². The zero-order chi connectivity index (χ0) is 29.0. The van der Waals surface area contributed by atoms with Crippen molar-refractivity contribution in [2.45, 2.75) is 142 Å². The summed E-state index contributed by atoms with van der Waals surface area (Å²) in [4.78, 5) is 27.5. The van der Waals surface area contributed by atoms with Crippen molar-refractivity contribution in [1.82, 2.24) is 4.90 Å². The molecule has 4 saturated carbocycles. The Morgan fingerprint density at radius 1 is 0.786 bits per heavy atom. The number of likely N-dealkylation sites (tertiary alicyclic amines) is 2. The van der Waals surface area contributed by atoms with Gasteiger partial charge in [0.2, 0.25) is 0 Å². The van der Waals surface area contributed by atoms with E-state index in [9.17, 15) is 9.59 Å². The standard InChI is InChI=1S/C35H59N2O4.BrH/c1-24(38)40-32-21-26-13-14-27-28(35(26,4)23-30(32)36-17-9-8-10-18-36)15-16-34(3)29(27)22-31(33(34)41-25(2)39)37(5)19-11-6-7-12-20-37;/h26-33H,6-23H2,1-5H3;1H/q+1;/t26?,27-,28-,29+,30?,31?,32?,33?,34+,35+;/m1./s1. The van der Waals surface area contributed by atoms with Gasteiger partial charge in [-0.25, -0.2) is 0 Å². The Bertz CT molecular complexity index is 978. The SMILES string of the molecule is Br.CC(=O)OC1CC2CC[C@@H]3[C@@H](CC[C@]4(C)C(OC(C)=O)C([N+]5(C)CCCCCC5)C[C@@H]34)[C@@]2(C)CC1N1CCCCC1. The van der Waals surface area contributed by atoms with Crippen molar-refractivity contribution in [3.05, 3.63) is 0 Å². The van der Waals surface area contributed by atoms with Gasteiger partial charge in [0.25, 0.3) is 0 Å². The van der Waals surface area contributed by atoms with Gasteiger partial charge in [-0.2, -0.15) is 0 Å². The van der Waals surface area contributed by atoms with Crippen molar-refractivity contribution in [1.29, 1.82) is 0 Å². The highest BCUT2D eigenvalue weighted by molar-refractivity contribution is 8.93. The first-order valence-corrected chi connectivity index (χ1v) is 17.5. The Hall–Kier alpha value is -0.660. The number of hydrogen-bond donors (Lipinski definition) is 0. The molecule has 4 aliphatic carbocycles. The van der Waals surface area contributed by atoms with E-state index in [0.717, 1.165) is 29.9 Å². The molecule has 0 aromatic rings. The molecule has 0 aromatic heterocycles. The molecule has 6 nitrogen and oxygen atoms in total. The van der Waals surface area contributed by atoms with Crippen molar-refractivity contribution < 1.29 is 23.5 Å². The van der Waals surface area contributed by atoms with Gasteiger partial charge in [-0.15, -0.1) is 17.0 Å². The fraction of sp³-hybridized carbons (Fsp3) is 0.943. The third kappa shape index (κ3) is 5.74. The molecule has 5 unspecified atom stereocenters. The van der Waals surface area contributed by atoms with Crippen LogP contribution in [0.3, 0.4) is 0 Å². The molecule has 0 amide bonds. The van der Waals surface area contributed by atoms with Crippen LogP contribution in [0.25, 0.3) is 0 Å². The number of esters is 2. The van der Waals surface area contributed by atoms with Crippen LogP contribution >= 0.6 is 17.0 Å². The lowest BCUT2D eigenvalue weighted by Crippen LogP contribution is -2.61. The second-order valence-corrected chi connectivity index (χ2v) is 16.1. The number of hydrogen-bond acceptors (Lipinski definition) is 5. The van der Waals surface area contributed by atoms with E-state index in [2.05, 4.69) is 25.8 Å². The quantitative estimate of drug-likeness (QED) is 0.244. The number of piperidine rings is 1. The molecule has 6 aliphatic rings. The molecular formula is C35H60BrN2O4+. The smallest absolute Gasteiger partial charge is 0.303 e. The first kappa shape index (κ1) is 32.7. The van der Waals surface area contributed by atoms with Crippen LogP contribution < -0.4 is 0 Å². The summed E-state index contributed by atoms with van der Waals surface area (Å²) in [6.07, 6.45) is 17.6. The summed E-state index contributed by atoms with van der Waals surface area (Å²) in [6.45, 7) is 13.1. The maximum atomic E-state index is 12.6. The number of quaternary nitrogens is 1. The maximum Gasteiger partial charge on any atom is 0.303 e. The van der Waals surface area contributed by atoms with Gasteiger partial charge < -0.3 is 14.0 Å². The number of ether oxygens (including phenoxy) is 2. The molecule has 2 heterocycles. The zero-order valence-electron chi connectivity index (χ0n) is 27.3. The Morgan fingerprint density at radius 2 is 1.43 bits per heavy atom. The Morgan fingerprint density at radius 3 is 2.07 bits per heavy atom. The number of nitrogens with zero attached hydrogens (tertiary/aromatic N) is 2. The van der Waals surface area contributed by atoms with Crippen LogP contribution in [0.15, 0.2) is 0 Å². The van der Waals surface area contributed by atoms with Crippen LogP contribution in [0.2, 0.25) is 0 Å². The second kappa shape index (κ2) is 12.6. The molecular weight excluding hydrogens is 592 g/mol. The highest BCUT2D eigenvalue weighted by Crippen LogP contribution is 2.67. The molecule has 0 bridgehead atoms. The fourth-order valence-electron chi connectivity index (χ4n) is 11.9. The van der Waals surface area contributed by atoms with Gasteiger partial charge in [-0.05, 0) is 119 Å². The van der Waals surface area contributed by atoms with Crippen molar-refractivity contribution in [3.63, 3.8) is 0 Å². The number of fused-ring (bicyclic) bond motifs is 5. The zero-order valence-corrected chi connectivity index (χ0v) is 29.0. The Kier molecular flexibility index (Phi) is 9.83. The number of carbonyl (C=O) groups excluding carboxylic acids is 2. The van der Waals surface area contributed by atoms with Crippen LogP contribution in [0.4, 0.5) is 0 Å². The molecule has 2 saturated heterocycles. The average molecular weight is 653 g/mol. The van der Waals surface area contributed by atoms with Gasteiger partial charge >= 0.3 is 11.9 Å². The normalized spacial score (nSPS) is 45.3. The molecule has 0 radical (unpaired) electrons. The maximum absolute atomic E-state index is 12.6. The van der Waals surface area contributed by atoms with E-state index < -0.39 is 0 Å². The summed E-state index contributed by atoms with van der Waals surface area (Å²) in [5, 5.41) is 0. The van der Waals surface area contributed by atoms with E-state index >= 15 is 0 Å². The molecule has 10 atom stereocenters. The molecule has 0 spiro atoms. The molecule has 240 valence electrons. The molecule has 0 aromatic carbocycles. The first-order valence-electron chi connectivity index (χ1n) is 17.5. The van der Waals surface area contributed by atoms with Crippen molar-refractivity contribution in [2.24, 2.45) is 34.5 Å². The summed E-state index contributed by atoms with van der Waals surface area (Å²) < 4.78 is 13.6. The third-order valence-corrected chi connectivity index (χ3v) is 14.0. The third-order valence-electron chi connectivity index (χ3n) is 14.0. The highest BCUT2D eigenvalue weighted by atomic mass is 79.9. The molecule has 6 fully saturated rings. The van der Waals surface area contributed by atoms with Crippen LogP contribution in [-0.4, -0.2) is 78.8 Å². The van der Waals surface area contributed by atoms with Crippen molar-refractivity contribution in [3.8, 4) is 0 Å². The van der Waals surface area contributed by atoms with Crippen LogP contribution in [-0.2, 0) is 19.1 Å². The van der Waals surface area contributed by atoms with Gasteiger partial charge in [-0.3, -0.25) is 14.5 Å². The van der Waals surface area contributed by atoms with Gasteiger partial charge in [0.15, 0.2) is 6.10 Å². The fourth-order valence-corrected chi connectivity index (χ4v) is 11.9. The second-order valence-electron chi connectivity index (χ2n) is 16.1. The number of likely N-dealkylation sites (N-methyl/N-ethyl adjacent to an activating group) is 1. The molecule has 6 rings (SSSR count). The number of rotatable bonds is 4. The van der Waals surface area contributed by atoms with Crippen LogP contribution in [0, 0.1) is 34.5 Å². The van der Waals surface area contributed by atoms with E-state index in [1.807, 2.05) is 0 Å². The van der Waals surface area contributed by atoms with E-state index in [0.29, 0.717) is 35.3 Å². The van der Waals surface area contributed by atoms with Gasteiger partial charge in [-0.1, -0.05) is 20.3 Å². The van der Waals surface area contributed by atoms with Gasteiger partial charge in [0.05, 0.1) is 20.1 Å². The molecule has 2 aliphatic heterocycles. The van der Waals surface area contributed by atoms with Gasteiger partial charge in [0.1, 0.15) is 12.1 Å². The summed E-state index contributed by atoms with van der Waals surface area (Å²) in [7, 11) is 2.49. The van der Waals surface area contributed by atoms with Crippen molar-refractivity contribution >= 4 is 28.9 Å². The Labute approximate surface area is 266 Å². The molecule has 7 heteroatoms. The van der Waals surface area contributed by atoms with E-state index in [1.54, 1.807) is 13.8 Å². The summed E-state index contributed by atoms with van der Waals surface area (Å²) >= 11 is 0. The topological polar surface area (TPSA) is 55.8 Å². The molecule has 0 N–H and O–H groups in total. The predicted molar refractivity (Wildman–Crippen MR) is 171 cm³/mol. The minimum absolute atomic E-state index is 0. The summed E-state index contributed by atoms with van der Waals surface area (Å²) in [6, 6.07) is 0.788. The van der Waals surface area contributed by atoms with Crippen LogP contribution in [0.1, 0.15) is 118 Å². The Balaban J connectivity index is 0.00000353. The number of carbonyl (C=O) groups is 2. The highest BCUT2D eigenvalue weighted by Gasteiger charge is 2.67.